The molecule has 252 valence electrons. The maximum atomic E-state index is 14.3. The third-order valence-electron chi connectivity index (χ3n) is 9.50. The van der Waals surface area contributed by atoms with Crippen molar-refractivity contribution in [3.8, 4) is 0 Å². The molecule has 2 aromatic rings. The number of rotatable bonds is 9. The average Bonchev–Trinajstić information content (AvgIpc) is 3.27. The molecule has 3 fully saturated rings. The van der Waals surface area contributed by atoms with Gasteiger partial charge >= 0.3 is 0 Å². The maximum absolute atomic E-state index is 14.3. The van der Waals surface area contributed by atoms with E-state index in [1.807, 2.05) is 74.5 Å². The molecular weight excluding hydrogens is 616 g/mol. The summed E-state index contributed by atoms with van der Waals surface area (Å²) in [5.41, 5.74) is 1.02. The largest absolute Gasteiger partial charge is 0.343 e. The molecule has 0 spiro atoms. The van der Waals surface area contributed by atoms with Crippen molar-refractivity contribution in [2.24, 2.45) is 5.41 Å². The highest BCUT2D eigenvalue weighted by Gasteiger charge is 2.55. The Labute approximate surface area is 281 Å². The number of likely N-dealkylation sites (N-methyl/N-ethyl adjacent to an activating group) is 1. The van der Waals surface area contributed by atoms with Crippen LogP contribution in [0.1, 0.15) is 50.8 Å². The first-order valence-electron chi connectivity index (χ1n) is 16.4. The topological polar surface area (TPSA) is 131 Å². The van der Waals surface area contributed by atoms with Crippen LogP contribution in [0.25, 0.3) is 0 Å². The molecule has 3 aliphatic rings. The molecule has 0 aromatic heterocycles. The number of amides is 5. The zero-order valence-corrected chi connectivity index (χ0v) is 28.4. The molecule has 11 nitrogen and oxygen atoms in total. The summed E-state index contributed by atoms with van der Waals surface area (Å²) < 4.78 is 0. The number of piperazine rings is 1. The summed E-state index contributed by atoms with van der Waals surface area (Å²) in [5.74, 6) is -0.521. The van der Waals surface area contributed by atoms with Crippen molar-refractivity contribution < 1.29 is 24.0 Å². The van der Waals surface area contributed by atoms with Crippen LogP contribution < -0.4 is 16.0 Å². The van der Waals surface area contributed by atoms with E-state index in [-0.39, 0.29) is 29.0 Å². The number of benzene rings is 2. The Morgan fingerprint density at radius 2 is 1.55 bits per heavy atom. The molecule has 3 saturated heterocycles. The molecule has 0 unspecified atom stereocenters. The van der Waals surface area contributed by atoms with Gasteiger partial charge in [-0.2, -0.15) is 0 Å². The van der Waals surface area contributed by atoms with Gasteiger partial charge in [-0.25, -0.2) is 0 Å². The summed E-state index contributed by atoms with van der Waals surface area (Å²) in [4.78, 5) is 73.2. The van der Waals surface area contributed by atoms with E-state index in [0.717, 1.165) is 5.56 Å². The molecule has 3 N–H and O–H groups in total. The van der Waals surface area contributed by atoms with Gasteiger partial charge in [0.1, 0.15) is 18.1 Å². The molecule has 12 heteroatoms. The molecule has 3 heterocycles. The second-order valence-corrected chi connectivity index (χ2v) is 14.5. The van der Waals surface area contributed by atoms with E-state index in [0.29, 0.717) is 56.8 Å². The smallest absolute Gasteiger partial charge is 0.249 e. The lowest BCUT2D eigenvalue weighted by Gasteiger charge is -2.38. The van der Waals surface area contributed by atoms with Crippen LogP contribution >= 0.6 is 11.8 Å². The summed E-state index contributed by atoms with van der Waals surface area (Å²) in [7, 11) is 1.68. The molecular formula is C35H46N6O5S. The molecule has 2 aromatic carbocycles. The quantitative estimate of drug-likeness (QED) is 0.374. The summed E-state index contributed by atoms with van der Waals surface area (Å²) in [5, 5.41) is 8.61. The minimum atomic E-state index is -0.966. The van der Waals surface area contributed by atoms with Crippen LogP contribution in [0, 0.1) is 5.41 Å². The van der Waals surface area contributed by atoms with Crippen LogP contribution in [0.3, 0.4) is 0 Å². The highest BCUT2D eigenvalue weighted by atomic mass is 32.2. The van der Waals surface area contributed by atoms with E-state index in [9.17, 15) is 24.0 Å². The molecule has 47 heavy (non-hydrogen) atoms. The Kier molecular flexibility index (Phi) is 10.9. The Bertz CT molecular complexity index is 1450. The van der Waals surface area contributed by atoms with Crippen molar-refractivity contribution in [2.45, 2.75) is 69.6 Å². The Balaban J connectivity index is 1.31. The van der Waals surface area contributed by atoms with Gasteiger partial charge in [0.05, 0.1) is 17.8 Å². The van der Waals surface area contributed by atoms with Crippen molar-refractivity contribution in [1.82, 2.24) is 30.7 Å². The van der Waals surface area contributed by atoms with Crippen LogP contribution in [0.2, 0.25) is 0 Å². The minimum Gasteiger partial charge on any atom is -0.343 e. The molecule has 0 bridgehead atoms. The number of carbonyl (C=O) groups excluding carboxylic acids is 5. The Morgan fingerprint density at radius 3 is 2.19 bits per heavy atom. The molecule has 5 amide bonds. The predicted molar refractivity (Wildman–Crippen MR) is 181 cm³/mol. The van der Waals surface area contributed by atoms with Crippen LogP contribution in [0.15, 0.2) is 60.7 Å². The van der Waals surface area contributed by atoms with Crippen LogP contribution in [0.4, 0.5) is 0 Å². The van der Waals surface area contributed by atoms with Crippen molar-refractivity contribution in [3.63, 3.8) is 0 Å². The standard InChI is InChI=1S/C35H46N6O5S/c1-23(36-4)31(43)37-26-15-20-47-28-22-35(2,3)30(41(28)33(26)45)32(44)38-29(25-13-9-6-10-14-25)34(46)40-18-16-39(17-19-40)27(42)21-24-11-7-5-8-12-24/h5-14,23,26,28-30,36H,15-22H2,1-4H3,(H,37,43)(H,38,44)/t23-,26-,28-,29-,30+/m0/s1. The van der Waals surface area contributed by atoms with E-state index in [2.05, 4.69) is 16.0 Å². The average molecular weight is 663 g/mol. The molecule has 0 aliphatic carbocycles. The van der Waals surface area contributed by atoms with Gasteiger partial charge in [0.25, 0.3) is 0 Å². The van der Waals surface area contributed by atoms with Gasteiger partial charge in [-0.3, -0.25) is 24.0 Å². The second-order valence-electron chi connectivity index (χ2n) is 13.2. The molecule has 5 atom stereocenters. The number of thioether (sulfide) groups is 1. The van der Waals surface area contributed by atoms with E-state index < -0.39 is 35.5 Å². The number of hydrogen-bond acceptors (Lipinski definition) is 7. The van der Waals surface area contributed by atoms with Gasteiger partial charge in [0.2, 0.25) is 29.5 Å². The van der Waals surface area contributed by atoms with Gasteiger partial charge in [-0.1, -0.05) is 74.5 Å². The number of nitrogens with one attached hydrogen (secondary N) is 3. The summed E-state index contributed by atoms with van der Waals surface area (Å²) in [6, 6.07) is 15.7. The highest BCUT2D eigenvalue weighted by molar-refractivity contribution is 7.99. The minimum absolute atomic E-state index is 0.0177. The van der Waals surface area contributed by atoms with Gasteiger partial charge < -0.3 is 30.7 Å². The first kappa shape index (κ1) is 34.4. The van der Waals surface area contributed by atoms with E-state index in [1.165, 1.54) is 0 Å². The van der Waals surface area contributed by atoms with Gasteiger partial charge in [0, 0.05) is 26.2 Å². The predicted octanol–water partition coefficient (Wildman–Crippen LogP) is 1.94. The lowest BCUT2D eigenvalue weighted by Crippen LogP contribution is -2.59. The lowest BCUT2D eigenvalue weighted by molar-refractivity contribution is -0.146. The van der Waals surface area contributed by atoms with E-state index >= 15 is 0 Å². The van der Waals surface area contributed by atoms with Crippen molar-refractivity contribution in [1.29, 1.82) is 0 Å². The van der Waals surface area contributed by atoms with Gasteiger partial charge in [0.15, 0.2) is 0 Å². The van der Waals surface area contributed by atoms with E-state index in [1.54, 1.807) is 40.4 Å². The van der Waals surface area contributed by atoms with E-state index in [4.69, 9.17) is 0 Å². The highest BCUT2D eigenvalue weighted by Crippen LogP contribution is 2.46. The Morgan fingerprint density at radius 1 is 0.936 bits per heavy atom. The van der Waals surface area contributed by atoms with Crippen LogP contribution in [-0.2, 0) is 30.4 Å². The fourth-order valence-electron chi connectivity index (χ4n) is 6.67. The van der Waals surface area contributed by atoms with Crippen molar-refractivity contribution in [3.05, 3.63) is 71.8 Å². The summed E-state index contributed by atoms with van der Waals surface area (Å²) in [6.07, 6.45) is 1.39. The first-order chi connectivity index (χ1) is 22.5. The van der Waals surface area contributed by atoms with Crippen LogP contribution in [-0.4, -0.2) is 107 Å². The Hall–Kier alpha value is -3.90. The summed E-state index contributed by atoms with van der Waals surface area (Å²) in [6.45, 7) is 7.19. The lowest BCUT2D eigenvalue weighted by atomic mass is 9.83. The second kappa shape index (κ2) is 14.9. The first-order valence-corrected chi connectivity index (χ1v) is 17.4. The number of nitrogens with zero attached hydrogens (tertiary/aromatic N) is 3. The third kappa shape index (κ3) is 7.81. The number of fused-ring (bicyclic) bond motifs is 1. The fourth-order valence-corrected chi connectivity index (χ4v) is 8.25. The van der Waals surface area contributed by atoms with Crippen LogP contribution in [0.5, 0.6) is 0 Å². The number of carbonyl (C=O) groups is 5. The van der Waals surface area contributed by atoms with Gasteiger partial charge in [-0.15, -0.1) is 11.8 Å². The van der Waals surface area contributed by atoms with Crippen molar-refractivity contribution in [2.75, 3.05) is 39.0 Å². The fraction of sp³-hybridized carbons (Fsp3) is 0.514. The molecule has 0 saturated carbocycles. The SMILES string of the molecule is CN[C@@H](C)C(=O)N[C@H]1CCS[C@H]2CC(C)(C)[C@@H](C(=O)N[C@H](C(=O)N3CCN(C(=O)Cc4ccccc4)CC3)c3ccccc3)N2C1=O. The summed E-state index contributed by atoms with van der Waals surface area (Å²) >= 11 is 1.62. The molecule has 5 rings (SSSR count). The van der Waals surface area contributed by atoms with Gasteiger partial charge in [-0.05, 0) is 49.1 Å². The zero-order chi connectivity index (χ0) is 33.7. The molecule has 0 radical (unpaired) electrons. The maximum Gasteiger partial charge on any atom is 0.249 e. The number of hydrogen-bond donors (Lipinski definition) is 3. The molecule has 3 aliphatic heterocycles. The monoisotopic (exact) mass is 662 g/mol. The third-order valence-corrected chi connectivity index (χ3v) is 10.7. The zero-order valence-electron chi connectivity index (χ0n) is 27.6. The van der Waals surface area contributed by atoms with Crippen molar-refractivity contribution >= 4 is 41.3 Å². The normalized spacial score (nSPS) is 23.7.